The second kappa shape index (κ2) is 13.3. The van der Waals surface area contributed by atoms with E-state index in [1.807, 2.05) is 0 Å². The first-order valence-electron chi connectivity index (χ1n) is 14.4. The third-order valence-corrected chi connectivity index (χ3v) is 9.20. The Morgan fingerprint density at radius 1 is 0.706 bits per heavy atom. The molecule has 0 aromatic heterocycles. The molecule has 2 aliphatic rings. The first-order valence-corrected chi connectivity index (χ1v) is 14.4. The van der Waals surface area contributed by atoms with Gasteiger partial charge in [0.2, 0.25) is 0 Å². The van der Waals surface area contributed by atoms with Gasteiger partial charge in [0.05, 0.1) is 0 Å². The topological polar surface area (TPSA) is 0 Å². The summed E-state index contributed by atoms with van der Waals surface area (Å²) in [5.74, 6) is 4.69. The molecule has 0 spiro atoms. The number of hydrogen-bond acceptors (Lipinski definition) is 0. The van der Waals surface area contributed by atoms with Gasteiger partial charge >= 0.3 is 0 Å². The van der Waals surface area contributed by atoms with Crippen molar-refractivity contribution in [1.82, 2.24) is 0 Å². The summed E-state index contributed by atoms with van der Waals surface area (Å²) >= 11 is 0. The molecule has 0 N–H and O–H groups in total. The van der Waals surface area contributed by atoms with Crippen molar-refractivity contribution in [1.29, 1.82) is 0 Å². The number of rotatable bonds is 10. The summed E-state index contributed by atoms with van der Waals surface area (Å²) in [5, 5.41) is 0. The Balaban J connectivity index is 1.12. The van der Waals surface area contributed by atoms with Crippen LogP contribution >= 0.6 is 0 Å². The maximum atomic E-state index is 2.43. The molecular weight excluding hydrogens is 408 g/mol. The van der Waals surface area contributed by atoms with E-state index < -0.39 is 0 Å². The summed E-state index contributed by atoms with van der Waals surface area (Å²) in [7, 11) is 0. The van der Waals surface area contributed by atoms with E-state index in [9.17, 15) is 0 Å². The van der Waals surface area contributed by atoms with Crippen molar-refractivity contribution in [2.45, 2.75) is 103 Å². The zero-order valence-electron chi connectivity index (χ0n) is 21.9. The third-order valence-electron chi connectivity index (χ3n) is 9.20. The van der Waals surface area contributed by atoms with Gasteiger partial charge < -0.3 is 0 Å². The molecule has 0 amide bonds. The highest BCUT2D eigenvalue weighted by Crippen LogP contribution is 2.43. The molecule has 0 unspecified atom stereocenters. The van der Waals surface area contributed by atoms with Crippen LogP contribution in [0.15, 0.2) is 66.7 Å². The Bertz CT molecular complexity index is 829. The molecule has 4 rings (SSSR count). The summed E-state index contributed by atoms with van der Waals surface area (Å²) in [4.78, 5) is 0. The monoisotopic (exact) mass is 456 g/mol. The molecule has 0 nitrogen and oxygen atoms in total. The maximum absolute atomic E-state index is 2.43. The Morgan fingerprint density at radius 3 is 1.85 bits per heavy atom. The molecule has 2 fully saturated rings. The quantitative estimate of drug-likeness (QED) is 0.312. The minimum Gasteiger partial charge on any atom is -0.0917 e. The van der Waals surface area contributed by atoms with E-state index >= 15 is 0 Å². The van der Waals surface area contributed by atoms with E-state index in [0.29, 0.717) is 5.92 Å². The predicted octanol–water partition coefficient (Wildman–Crippen LogP) is 9.93. The Kier molecular flexibility index (Phi) is 9.90. The first-order chi connectivity index (χ1) is 16.7. The van der Waals surface area contributed by atoms with Gasteiger partial charge in [-0.3, -0.25) is 0 Å². The van der Waals surface area contributed by atoms with Crippen LogP contribution in [0.5, 0.6) is 0 Å². The van der Waals surface area contributed by atoms with E-state index in [4.69, 9.17) is 0 Å². The van der Waals surface area contributed by atoms with Crippen LogP contribution in [0.25, 0.3) is 0 Å². The Labute approximate surface area is 210 Å². The lowest BCUT2D eigenvalue weighted by Crippen LogP contribution is -2.26. The summed E-state index contributed by atoms with van der Waals surface area (Å²) < 4.78 is 0. The average molecular weight is 457 g/mol. The van der Waals surface area contributed by atoms with Gasteiger partial charge in [0.25, 0.3) is 0 Å². The lowest BCUT2D eigenvalue weighted by molar-refractivity contribution is 0.139. The van der Waals surface area contributed by atoms with Gasteiger partial charge in [-0.15, -0.1) is 0 Å². The molecule has 0 aliphatic heterocycles. The summed E-state index contributed by atoms with van der Waals surface area (Å²) in [5.41, 5.74) is 4.55. The fraction of sp³-hybridized carbons (Fsp3) is 0.588. The molecule has 1 atom stereocenters. The van der Waals surface area contributed by atoms with Crippen molar-refractivity contribution in [3.63, 3.8) is 0 Å². The third kappa shape index (κ3) is 7.59. The van der Waals surface area contributed by atoms with Crippen LogP contribution in [0.3, 0.4) is 0 Å². The fourth-order valence-corrected chi connectivity index (χ4v) is 6.92. The smallest absolute Gasteiger partial charge is 0.0188 e. The second-order valence-corrected chi connectivity index (χ2v) is 11.6. The average Bonchev–Trinajstić information content (AvgIpc) is 2.90. The standard InChI is InChI=1S/C34H48/c1-3-4-6-9-28-12-14-29(15-13-28)16-17-30-18-22-33(23-19-30)34-24-20-31(21-25-34)26-27(2)32-10-7-5-8-11-32/h3-5,7-8,10-15,27,30-31,33-34H,6,9,16-26H2,1-2H3/b4-3+/t27-,30?,31?,33?,34?/m0/s1. The Morgan fingerprint density at radius 2 is 1.26 bits per heavy atom. The van der Waals surface area contributed by atoms with Crippen molar-refractivity contribution >= 4 is 0 Å². The molecular formula is C34H48. The van der Waals surface area contributed by atoms with E-state index in [-0.39, 0.29) is 0 Å². The van der Waals surface area contributed by atoms with Crippen LogP contribution in [0, 0.1) is 23.7 Å². The number of aryl methyl sites for hydroxylation is 2. The summed E-state index contributed by atoms with van der Waals surface area (Å²) in [6.45, 7) is 4.54. The molecule has 184 valence electrons. The molecule has 0 heteroatoms. The molecule has 2 aromatic carbocycles. The number of benzene rings is 2. The van der Waals surface area contributed by atoms with Crippen molar-refractivity contribution in [2.75, 3.05) is 0 Å². The maximum Gasteiger partial charge on any atom is -0.0188 e. The van der Waals surface area contributed by atoms with E-state index in [1.54, 1.807) is 5.56 Å². The van der Waals surface area contributed by atoms with Gasteiger partial charge in [0.15, 0.2) is 0 Å². The predicted molar refractivity (Wildman–Crippen MR) is 148 cm³/mol. The number of allylic oxidation sites excluding steroid dienone is 2. The molecule has 34 heavy (non-hydrogen) atoms. The normalized spacial score (nSPS) is 26.5. The van der Waals surface area contributed by atoms with Crippen LogP contribution in [0.1, 0.15) is 107 Å². The molecule has 0 heterocycles. The minimum absolute atomic E-state index is 0.715. The molecule has 2 aliphatic carbocycles. The summed E-state index contributed by atoms with van der Waals surface area (Å²) in [6.07, 6.45) is 22.7. The van der Waals surface area contributed by atoms with Crippen molar-refractivity contribution in [3.8, 4) is 0 Å². The van der Waals surface area contributed by atoms with Gasteiger partial charge in [-0.05, 0) is 111 Å². The van der Waals surface area contributed by atoms with Crippen LogP contribution in [0.4, 0.5) is 0 Å². The Hall–Kier alpha value is -1.82. The van der Waals surface area contributed by atoms with Gasteiger partial charge in [0, 0.05) is 0 Å². The number of hydrogen-bond donors (Lipinski definition) is 0. The zero-order valence-corrected chi connectivity index (χ0v) is 21.9. The lowest BCUT2D eigenvalue weighted by atomic mass is 9.67. The van der Waals surface area contributed by atoms with Gasteiger partial charge in [-0.1, -0.05) is 99.4 Å². The highest BCUT2D eigenvalue weighted by Gasteiger charge is 2.31. The SMILES string of the molecule is C/C=C/CCc1ccc(CCC2CCC(C3CCC(C[C@H](C)c4ccccc4)CC3)CC2)cc1. The highest BCUT2D eigenvalue weighted by molar-refractivity contribution is 5.23. The first kappa shape index (κ1) is 25.3. The second-order valence-electron chi connectivity index (χ2n) is 11.6. The molecule has 2 aromatic rings. The van der Waals surface area contributed by atoms with Crippen LogP contribution in [0.2, 0.25) is 0 Å². The molecule has 0 bridgehead atoms. The van der Waals surface area contributed by atoms with Crippen molar-refractivity contribution in [2.24, 2.45) is 23.7 Å². The molecule has 2 saturated carbocycles. The van der Waals surface area contributed by atoms with E-state index in [2.05, 4.69) is 80.6 Å². The van der Waals surface area contributed by atoms with Gasteiger partial charge in [0.1, 0.15) is 0 Å². The van der Waals surface area contributed by atoms with Crippen LogP contribution in [-0.4, -0.2) is 0 Å². The van der Waals surface area contributed by atoms with E-state index in [1.165, 1.54) is 88.2 Å². The lowest BCUT2D eigenvalue weighted by Gasteiger charge is -2.38. The van der Waals surface area contributed by atoms with Crippen LogP contribution < -0.4 is 0 Å². The fourth-order valence-electron chi connectivity index (χ4n) is 6.92. The largest absolute Gasteiger partial charge is 0.0917 e. The van der Waals surface area contributed by atoms with E-state index in [0.717, 1.165) is 30.1 Å². The van der Waals surface area contributed by atoms with Gasteiger partial charge in [-0.2, -0.15) is 0 Å². The summed E-state index contributed by atoms with van der Waals surface area (Å²) in [6, 6.07) is 20.6. The van der Waals surface area contributed by atoms with Gasteiger partial charge in [-0.25, -0.2) is 0 Å². The van der Waals surface area contributed by atoms with Crippen LogP contribution in [-0.2, 0) is 12.8 Å². The molecule has 0 radical (unpaired) electrons. The zero-order chi connectivity index (χ0) is 23.6. The molecule has 0 saturated heterocycles. The highest BCUT2D eigenvalue weighted by atomic mass is 14.4. The minimum atomic E-state index is 0.715. The van der Waals surface area contributed by atoms with Crippen molar-refractivity contribution in [3.05, 3.63) is 83.4 Å². The van der Waals surface area contributed by atoms with Crippen molar-refractivity contribution < 1.29 is 0 Å².